The highest BCUT2D eigenvalue weighted by Gasteiger charge is 2.17. The molecule has 0 aromatic heterocycles. The Balaban J connectivity index is 1.69. The van der Waals surface area contributed by atoms with E-state index in [0.29, 0.717) is 12.6 Å². The predicted molar refractivity (Wildman–Crippen MR) is 84.3 cm³/mol. The largest absolute Gasteiger partial charge is 0.312 e. The van der Waals surface area contributed by atoms with Crippen molar-refractivity contribution in [3.63, 3.8) is 0 Å². The van der Waals surface area contributed by atoms with Gasteiger partial charge in [0.05, 0.1) is 4.92 Å². The fraction of sp³-hybridized carbons (Fsp3) is 0.625. The fourth-order valence-electron chi connectivity index (χ4n) is 2.96. The van der Waals surface area contributed by atoms with Crippen LogP contribution in [0.5, 0.6) is 0 Å². The second-order valence-electron chi connectivity index (χ2n) is 5.80. The summed E-state index contributed by atoms with van der Waals surface area (Å²) in [4.78, 5) is 13.2. The van der Waals surface area contributed by atoms with Gasteiger partial charge < -0.3 is 10.2 Å². The molecule has 5 nitrogen and oxygen atoms in total. The molecule has 1 unspecified atom stereocenters. The highest BCUT2D eigenvalue weighted by atomic mass is 16.6. The molecule has 1 N–H and O–H groups in total. The number of nitro groups is 1. The number of likely N-dealkylation sites (tertiary alicyclic amines) is 1. The maximum absolute atomic E-state index is 10.9. The van der Waals surface area contributed by atoms with Crippen molar-refractivity contribution < 1.29 is 4.92 Å². The van der Waals surface area contributed by atoms with Crippen LogP contribution in [0.4, 0.5) is 5.69 Å². The third-order valence-electron chi connectivity index (χ3n) is 4.24. The van der Waals surface area contributed by atoms with Crippen LogP contribution in [0.25, 0.3) is 0 Å². The summed E-state index contributed by atoms with van der Waals surface area (Å²) in [5.74, 6) is 0. The smallest absolute Gasteiger partial charge is 0.273 e. The van der Waals surface area contributed by atoms with Gasteiger partial charge in [-0.05, 0) is 45.8 Å². The molecule has 1 aliphatic heterocycles. The van der Waals surface area contributed by atoms with Gasteiger partial charge in [0.2, 0.25) is 0 Å². The summed E-state index contributed by atoms with van der Waals surface area (Å²) in [6.07, 6.45) is 5.07. The van der Waals surface area contributed by atoms with Crippen LogP contribution in [-0.4, -0.2) is 35.5 Å². The monoisotopic (exact) mass is 291 g/mol. The third kappa shape index (κ3) is 4.79. The van der Waals surface area contributed by atoms with Crippen molar-refractivity contribution in [2.45, 2.75) is 45.2 Å². The minimum absolute atomic E-state index is 0.203. The maximum Gasteiger partial charge on any atom is 0.273 e. The minimum atomic E-state index is -0.313. The topological polar surface area (TPSA) is 58.4 Å². The van der Waals surface area contributed by atoms with Crippen LogP contribution in [0.3, 0.4) is 0 Å². The lowest BCUT2D eigenvalue weighted by Crippen LogP contribution is -2.38. The molecule has 1 fully saturated rings. The fourth-order valence-corrected chi connectivity index (χ4v) is 2.96. The van der Waals surface area contributed by atoms with E-state index in [4.69, 9.17) is 0 Å². The van der Waals surface area contributed by atoms with Gasteiger partial charge in [-0.3, -0.25) is 10.1 Å². The number of hydrogen-bond acceptors (Lipinski definition) is 4. The van der Waals surface area contributed by atoms with Crippen molar-refractivity contribution in [3.05, 3.63) is 39.9 Å². The van der Waals surface area contributed by atoms with Gasteiger partial charge in [0.15, 0.2) is 0 Å². The average molecular weight is 291 g/mol. The Morgan fingerprint density at radius 1 is 1.38 bits per heavy atom. The first-order valence-corrected chi connectivity index (χ1v) is 7.85. The zero-order valence-corrected chi connectivity index (χ0v) is 12.8. The molecule has 0 radical (unpaired) electrons. The molecule has 1 aromatic rings. The van der Waals surface area contributed by atoms with Gasteiger partial charge in [0.25, 0.3) is 5.69 Å². The number of hydrogen-bond donors (Lipinski definition) is 1. The molecule has 1 saturated heterocycles. The Bertz CT molecular complexity index is 465. The maximum atomic E-state index is 10.9. The molecule has 21 heavy (non-hydrogen) atoms. The Kier molecular flexibility index (Phi) is 6.14. The van der Waals surface area contributed by atoms with Gasteiger partial charge in [-0.25, -0.2) is 0 Å². The molecule has 116 valence electrons. The molecule has 0 spiro atoms. The van der Waals surface area contributed by atoms with E-state index in [-0.39, 0.29) is 10.6 Å². The number of nitrogens with zero attached hydrogens (tertiary/aromatic N) is 2. The van der Waals surface area contributed by atoms with E-state index in [2.05, 4.69) is 17.1 Å². The van der Waals surface area contributed by atoms with E-state index >= 15 is 0 Å². The van der Waals surface area contributed by atoms with Crippen LogP contribution in [0.2, 0.25) is 0 Å². The average Bonchev–Trinajstić information content (AvgIpc) is 2.49. The minimum Gasteiger partial charge on any atom is -0.312 e. The van der Waals surface area contributed by atoms with Crippen LogP contribution < -0.4 is 5.32 Å². The molecule has 0 amide bonds. The molecule has 0 aliphatic carbocycles. The molecular weight excluding hydrogens is 266 g/mol. The molecule has 1 heterocycles. The van der Waals surface area contributed by atoms with Crippen molar-refractivity contribution >= 4 is 5.69 Å². The summed E-state index contributed by atoms with van der Waals surface area (Å²) in [6, 6.07) is 7.64. The quantitative estimate of drug-likeness (QED) is 0.477. The lowest BCUT2D eigenvalue weighted by molar-refractivity contribution is -0.385. The first-order chi connectivity index (χ1) is 10.2. The van der Waals surface area contributed by atoms with E-state index in [1.54, 1.807) is 12.1 Å². The summed E-state index contributed by atoms with van der Waals surface area (Å²) < 4.78 is 0. The van der Waals surface area contributed by atoms with Crippen molar-refractivity contribution in [1.82, 2.24) is 10.2 Å². The van der Waals surface area contributed by atoms with Gasteiger partial charge >= 0.3 is 0 Å². The van der Waals surface area contributed by atoms with Gasteiger partial charge in [-0.2, -0.15) is 0 Å². The Labute approximate surface area is 126 Å². The normalized spacial score (nSPS) is 19.6. The third-order valence-corrected chi connectivity index (χ3v) is 4.24. The summed E-state index contributed by atoms with van der Waals surface area (Å²) in [5, 5.41) is 14.2. The first kappa shape index (κ1) is 15.9. The number of rotatable bonds is 7. The summed E-state index contributed by atoms with van der Waals surface area (Å²) >= 11 is 0. The standard InChI is InChI=1S/C16H25N3O2/c1-14-7-4-5-11-18(14)12-6-10-17-13-15-8-2-3-9-16(15)19(20)21/h2-3,8-9,14,17H,4-7,10-13H2,1H3. The van der Waals surface area contributed by atoms with Crippen molar-refractivity contribution in [1.29, 1.82) is 0 Å². The number of nitrogens with one attached hydrogen (secondary N) is 1. The van der Waals surface area contributed by atoms with E-state index < -0.39 is 0 Å². The lowest BCUT2D eigenvalue weighted by atomic mass is 10.0. The summed E-state index contributed by atoms with van der Waals surface area (Å²) in [6.45, 7) is 6.10. The van der Waals surface area contributed by atoms with E-state index in [1.807, 2.05) is 12.1 Å². The van der Waals surface area contributed by atoms with Crippen LogP contribution >= 0.6 is 0 Å². The van der Waals surface area contributed by atoms with Crippen LogP contribution in [0.15, 0.2) is 24.3 Å². The lowest BCUT2D eigenvalue weighted by Gasteiger charge is -2.33. The predicted octanol–water partition coefficient (Wildman–Crippen LogP) is 2.95. The number of piperidine rings is 1. The van der Waals surface area contributed by atoms with Crippen LogP contribution in [0, 0.1) is 10.1 Å². The van der Waals surface area contributed by atoms with Crippen molar-refractivity contribution in [3.8, 4) is 0 Å². The number of nitro benzene ring substituents is 1. The van der Waals surface area contributed by atoms with E-state index in [1.165, 1.54) is 25.8 Å². The molecule has 1 aromatic carbocycles. The second-order valence-corrected chi connectivity index (χ2v) is 5.80. The Morgan fingerprint density at radius 3 is 2.95 bits per heavy atom. The number of benzene rings is 1. The van der Waals surface area contributed by atoms with E-state index in [9.17, 15) is 10.1 Å². The summed E-state index contributed by atoms with van der Waals surface area (Å²) in [5.41, 5.74) is 0.962. The Hall–Kier alpha value is -1.46. The SMILES string of the molecule is CC1CCCCN1CCCNCc1ccccc1[N+](=O)[O-]. The van der Waals surface area contributed by atoms with Gasteiger partial charge in [0.1, 0.15) is 0 Å². The highest BCUT2D eigenvalue weighted by molar-refractivity contribution is 5.39. The van der Waals surface area contributed by atoms with Crippen LogP contribution in [-0.2, 0) is 6.54 Å². The number of para-hydroxylation sites is 1. The molecule has 1 atom stereocenters. The summed E-state index contributed by atoms with van der Waals surface area (Å²) in [7, 11) is 0. The molecule has 1 aliphatic rings. The molecule has 0 bridgehead atoms. The Morgan fingerprint density at radius 2 is 2.19 bits per heavy atom. The van der Waals surface area contributed by atoms with E-state index in [0.717, 1.165) is 25.1 Å². The second kappa shape index (κ2) is 8.10. The van der Waals surface area contributed by atoms with Crippen molar-refractivity contribution in [2.75, 3.05) is 19.6 Å². The zero-order valence-electron chi connectivity index (χ0n) is 12.8. The highest BCUT2D eigenvalue weighted by Crippen LogP contribution is 2.17. The zero-order chi connectivity index (χ0) is 15.1. The van der Waals surface area contributed by atoms with Gasteiger partial charge in [0, 0.05) is 24.2 Å². The molecule has 5 heteroatoms. The van der Waals surface area contributed by atoms with Gasteiger partial charge in [-0.15, -0.1) is 0 Å². The van der Waals surface area contributed by atoms with Gasteiger partial charge in [-0.1, -0.05) is 24.6 Å². The first-order valence-electron chi connectivity index (χ1n) is 7.85. The van der Waals surface area contributed by atoms with Crippen LogP contribution in [0.1, 0.15) is 38.2 Å². The van der Waals surface area contributed by atoms with Crippen molar-refractivity contribution in [2.24, 2.45) is 0 Å². The molecule has 0 saturated carbocycles. The molecule has 2 rings (SSSR count). The molecular formula is C16H25N3O2.